The van der Waals surface area contributed by atoms with E-state index >= 15 is 0 Å². The van der Waals surface area contributed by atoms with Gasteiger partial charge in [-0.15, -0.1) is 0 Å². The number of carbonyl (C=O) groups excluding carboxylic acids is 1. The highest BCUT2D eigenvalue weighted by Crippen LogP contribution is 2.29. The van der Waals surface area contributed by atoms with Crippen LogP contribution in [0.15, 0.2) is 24.3 Å². The van der Waals surface area contributed by atoms with Crippen LogP contribution in [-0.4, -0.2) is 37.0 Å². The lowest BCUT2D eigenvalue weighted by Gasteiger charge is -2.34. The van der Waals surface area contributed by atoms with Gasteiger partial charge >= 0.3 is 6.18 Å². The Hall–Kier alpha value is -1.56. The maximum absolute atomic E-state index is 12.6. The average molecular weight is 342 g/mol. The van der Waals surface area contributed by atoms with Crippen molar-refractivity contribution in [3.63, 3.8) is 0 Å². The lowest BCUT2D eigenvalue weighted by atomic mass is 9.91. The number of likely N-dealkylation sites (N-methyl/N-ethyl adjacent to an activating group) is 1. The van der Waals surface area contributed by atoms with Crippen LogP contribution in [0.5, 0.6) is 0 Å². The molecule has 1 aromatic carbocycles. The van der Waals surface area contributed by atoms with E-state index < -0.39 is 11.7 Å². The summed E-state index contributed by atoms with van der Waals surface area (Å²) < 4.78 is 37.8. The molecule has 0 aromatic heterocycles. The van der Waals surface area contributed by atoms with Gasteiger partial charge in [0, 0.05) is 17.6 Å². The van der Waals surface area contributed by atoms with Gasteiger partial charge in [0.2, 0.25) is 0 Å². The standard InChI is InChI=1S/C18H25F3N2O/c1-23(2)16-8-6-4-3-5-7-15(16)22-17(24)13-9-11-14(12-10-13)18(19,20)21/h9-12,15-16H,3-8H2,1-2H3,(H,22,24). The summed E-state index contributed by atoms with van der Waals surface area (Å²) in [4.78, 5) is 14.6. The SMILES string of the molecule is CN(C)C1CCCCCCC1NC(=O)c1ccc(C(F)(F)F)cc1. The Kier molecular flexibility index (Phi) is 6.27. The number of halogens is 3. The molecule has 2 rings (SSSR count). The summed E-state index contributed by atoms with van der Waals surface area (Å²) in [5, 5.41) is 3.03. The first kappa shape index (κ1) is 18.8. The minimum atomic E-state index is -4.38. The molecule has 1 fully saturated rings. The first-order valence-electron chi connectivity index (χ1n) is 8.43. The third-order valence-electron chi connectivity index (χ3n) is 4.68. The zero-order chi connectivity index (χ0) is 17.7. The van der Waals surface area contributed by atoms with Gasteiger partial charge in [0.05, 0.1) is 5.56 Å². The zero-order valence-electron chi connectivity index (χ0n) is 14.2. The topological polar surface area (TPSA) is 32.3 Å². The number of benzene rings is 1. The number of hydrogen-bond donors (Lipinski definition) is 1. The van der Waals surface area contributed by atoms with Gasteiger partial charge in [0.1, 0.15) is 0 Å². The fraction of sp³-hybridized carbons (Fsp3) is 0.611. The van der Waals surface area contributed by atoms with E-state index in [9.17, 15) is 18.0 Å². The molecule has 0 spiro atoms. The minimum Gasteiger partial charge on any atom is -0.348 e. The quantitative estimate of drug-likeness (QED) is 0.897. The van der Waals surface area contributed by atoms with Gasteiger partial charge in [-0.1, -0.05) is 25.7 Å². The van der Waals surface area contributed by atoms with E-state index in [0.717, 1.165) is 44.2 Å². The second kappa shape index (κ2) is 8.01. The van der Waals surface area contributed by atoms with Crippen molar-refractivity contribution in [3.8, 4) is 0 Å². The number of amides is 1. The van der Waals surface area contributed by atoms with Crippen molar-refractivity contribution in [1.29, 1.82) is 0 Å². The largest absolute Gasteiger partial charge is 0.416 e. The van der Waals surface area contributed by atoms with Gasteiger partial charge < -0.3 is 10.2 Å². The summed E-state index contributed by atoms with van der Waals surface area (Å²) in [6.45, 7) is 0. The molecule has 3 nitrogen and oxygen atoms in total. The van der Waals surface area contributed by atoms with Crippen molar-refractivity contribution in [3.05, 3.63) is 35.4 Å². The van der Waals surface area contributed by atoms with Gasteiger partial charge in [-0.25, -0.2) is 0 Å². The van der Waals surface area contributed by atoms with E-state index in [2.05, 4.69) is 10.2 Å². The Bertz CT molecular complexity index is 540. The molecule has 0 bridgehead atoms. The third-order valence-corrected chi connectivity index (χ3v) is 4.68. The van der Waals surface area contributed by atoms with Gasteiger partial charge in [0.15, 0.2) is 0 Å². The van der Waals surface area contributed by atoms with Crippen molar-refractivity contribution < 1.29 is 18.0 Å². The zero-order valence-corrected chi connectivity index (χ0v) is 14.2. The Morgan fingerprint density at radius 2 is 1.62 bits per heavy atom. The van der Waals surface area contributed by atoms with Crippen molar-refractivity contribution in [1.82, 2.24) is 10.2 Å². The molecule has 2 unspecified atom stereocenters. The molecule has 2 atom stereocenters. The van der Waals surface area contributed by atoms with E-state index in [1.54, 1.807) is 0 Å². The highest BCUT2D eigenvalue weighted by Gasteiger charge is 2.31. The Balaban J connectivity index is 2.08. The molecule has 1 saturated carbocycles. The van der Waals surface area contributed by atoms with Gasteiger partial charge in [-0.3, -0.25) is 4.79 Å². The van der Waals surface area contributed by atoms with E-state index in [4.69, 9.17) is 0 Å². The third kappa shape index (κ3) is 4.97. The second-order valence-corrected chi connectivity index (χ2v) is 6.68. The maximum Gasteiger partial charge on any atom is 0.416 e. The molecule has 0 heterocycles. The fourth-order valence-electron chi connectivity index (χ4n) is 3.31. The second-order valence-electron chi connectivity index (χ2n) is 6.68. The summed E-state index contributed by atoms with van der Waals surface area (Å²) in [6, 6.07) is 4.67. The number of rotatable bonds is 3. The van der Waals surface area contributed by atoms with Crippen molar-refractivity contribution >= 4 is 5.91 Å². The van der Waals surface area contributed by atoms with E-state index in [1.165, 1.54) is 18.6 Å². The number of nitrogens with one attached hydrogen (secondary N) is 1. The van der Waals surface area contributed by atoms with Crippen LogP contribution in [0.25, 0.3) is 0 Å². The normalized spacial score (nSPS) is 22.8. The smallest absolute Gasteiger partial charge is 0.348 e. The first-order chi connectivity index (χ1) is 11.3. The maximum atomic E-state index is 12.6. The molecule has 1 N–H and O–H groups in total. The molecular weight excluding hydrogens is 317 g/mol. The number of hydrogen-bond acceptors (Lipinski definition) is 2. The van der Waals surface area contributed by atoms with Crippen LogP contribution >= 0.6 is 0 Å². The molecule has 1 aliphatic carbocycles. The van der Waals surface area contributed by atoms with Crippen molar-refractivity contribution in [2.24, 2.45) is 0 Å². The number of nitrogens with zero attached hydrogens (tertiary/aromatic N) is 1. The molecular formula is C18H25F3N2O. The minimum absolute atomic E-state index is 0.0232. The molecule has 6 heteroatoms. The number of carbonyl (C=O) groups is 1. The Labute approximate surface area is 141 Å². The van der Waals surface area contributed by atoms with Gasteiger partial charge in [0.25, 0.3) is 5.91 Å². The van der Waals surface area contributed by atoms with Crippen molar-refractivity contribution in [2.45, 2.75) is 56.8 Å². The summed E-state index contributed by atoms with van der Waals surface area (Å²) in [5.74, 6) is -0.304. The molecule has 24 heavy (non-hydrogen) atoms. The van der Waals surface area contributed by atoms with E-state index in [0.29, 0.717) is 0 Å². The first-order valence-corrected chi connectivity index (χ1v) is 8.43. The van der Waals surface area contributed by atoms with Gasteiger partial charge in [-0.2, -0.15) is 13.2 Å². The lowest BCUT2D eigenvalue weighted by Crippen LogP contribution is -2.49. The Morgan fingerprint density at radius 1 is 1.04 bits per heavy atom. The summed E-state index contributed by atoms with van der Waals surface area (Å²) in [5.41, 5.74) is -0.473. The predicted octanol–water partition coefficient (Wildman–Crippen LogP) is 4.09. The highest BCUT2D eigenvalue weighted by molar-refractivity contribution is 5.94. The van der Waals surface area contributed by atoms with Crippen LogP contribution in [0.3, 0.4) is 0 Å². The van der Waals surface area contributed by atoms with Crippen LogP contribution < -0.4 is 5.32 Å². The molecule has 0 radical (unpaired) electrons. The lowest BCUT2D eigenvalue weighted by molar-refractivity contribution is -0.137. The average Bonchev–Trinajstić information content (AvgIpc) is 2.49. The van der Waals surface area contributed by atoms with E-state index in [-0.39, 0.29) is 23.6 Å². The Morgan fingerprint density at radius 3 is 2.17 bits per heavy atom. The molecule has 1 aliphatic rings. The molecule has 1 amide bonds. The van der Waals surface area contributed by atoms with E-state index in [1.807, 2.05) is 14.1 Å². The molecule has 134 valence electrons. The summed E-state index contributed by atoms with van der Waals surface area (Å²) in [7, 11) is 4.01. The van der Waals surface area contributed by atoms with Crippen LogP contribution in [0.2, 0.25) is 0 Å². The summed E-state index contributed by atoms with van der Waals surface area (Å²) in [6.07, 6.45) is 2.10. The van der Waals surface area contributed by atoms with Crippen LogP contribution in [0, 0.1) is 0 Å². The molecule has 1 aromatic rings. The summed E-state index contributed by atoms with van der Waals surface area (Å²) >= 11 is 0. The van der Waals surface area contributed by atoms with Crippen molar-refractivity contribution in [2.75, 3.05) is 14.1 Å². The predicted molar refractivity (Wildman–Crippen MR) is 87.9 cm³/mol. The van der Waals surface area contributed by atoms with Crippen LogP contribution in [0.4, 0.5) is 13.2 Å². The van der Waals surface area contributed by atoms with Crippen LogP contribution in [0.1, 0.15) is 54.4 Å². The molecule has 0 aliphatic heterocycles. The van der Waals surface area contributed by atoms with Gasteiger partial charge in [-0.05, 0) is 51.2 Å². The molecule has 0 saturated heterocycles. The number of alkyl halides is 3. The fourth-order valence-corrected chi connectivity index (χ4v) is 3.31. The monoisotopic (exact) mass is 342 g/mol. The van der Waals surface area contributed by atoms with Crippen LogP contribution in [-0.2, 0) is 6.18 Å². The highest BCUT2D eigenvalue weighted by atomic mass is 19.4.